The third-order valence-corrected chi connectivity index (χ3v) is 6.01. The first-order valence-corrected chi connectivity index (χ1v) is 11.6. The molecule has 1 aromatic heterocycles. The Bertz CT molecular complexity index is 1200. The van der Waals surface area contributed by atoms with E-state index in [1.54, 1.807) is 45.3 Å². The maximum absolute atomic E-state index is 13.7. The number of aromatic nitrogens is 1. The molecule has 2 amide bonds. The van der Waals surface area contributed by atoms with E-state index < -0.39 is 23.6 Å². The first-order chi connectivity index (χ1) is 16.5. The maximum atomic E-state index is 13.7. The number of aliphatic hydroxyl groups is 1. The van der Waals surface area contributed by atoms with Crippen molar-refractivity contribution in [2.75, 3.05) is 19.0 Å². The van der Waals surface area contributed by atoms with Crippen molar-refractivity contribution >= 4 is 40.2 Å². The number of likely N-dealkylation sites (N-methyl/N-ethyl adjacent to an activating group) is 1. The first-order valence-electron chi connectivity index (χ1n) is 11.2. The molecule has 0 aliphatic heterocycles. The molecule has 3 rings (SSSR count). The second kappa shape index (κ2) is 11.5. The molecular formula is C26H29ClFN3O4. The number of nitrogens with one attached hydrogen (secondary N) is 1. The SMILES string of the molecule is CN(C(=O)CCc1cccc(F)c1Cl)[C@H](COC(=O)Nc1cc2ccccc2cn1)CC(C)(C)O. The zero-order valence-electron chi connectivity index (χ0n) is 19.9. The molecule has 0 radical (unpaired) electrons. The van der Waals surface area contributed by atoms with Crippen LogP contribution in [-0.4, -0.2) is 52.3 Å². The van der Waals surface area contributed by atoms with Gasteiger partial charge in [-0.3, -0.25) is 10.1 Å². The Morgan fingerprint density at radius 2 is 1.91 bits per heavy atom. The summed E-state index contributed by atoms with van der Waals surface area (Å²) in [6.45, 7) is 3.10. The van der Waals surface area contributed by atoms with Crippen molar-refractivity contribution < 1.29 is 23.8 Å². The van der Waals surface area contributed by atoms with Crippen LogP contribution in [0.2, 0.25) is 5.02 Å². The summed E-state index contributed by atoms with van der Waals surface area (Å²) in [6.07, 6.45) is 1.44. The highest BCUT2D eigenvalue weighted by atomic mass is 35.5. The Morgan fingerprint density at radius 1 is 1.20 bits per heavy atom. The molecule has 0 saturated heterocycles. The van der Waals surface area contributed by atoms with Crippen LogP contribution in [0.5, 0.6) is 0 Å². The van der Waals surface area contributed by atoms with Gasteiger partial charge in [0.1, 0.15) is 18.2 Å². The van der Waals surface area contributed by atoms with E-state index in [4.69, 9.17) is 16.3 Å². The van der Waals surface area contributed by atoms with Crippen molar-refractivity contribution in [3.8, 4) is 0 Å². The molecule has 0 spiro atoms. The molecule has 186 valence electrons. The lowest BCUT2D eigenvalue weighted by Crippen LogP contribution is -2.45. The van der Waals surface area contributed by atoms with Crippen molar-refractivity contribution in [2.45, 2.75) is 44.8 Å². The fourth-order valence-corrected chi connectivity index (χ4v) is 3.93. The average molecular weight is 502 g/mol. The molecule has 3 aromatic rings. The van der Waals surface area contributed by atoms with Crippen LogP contribution in [0.25, 0.3) is 10.8 Å². The van der Waals surface area contributed by atoms with Crippen LogP contribution < -0.4 is 5.32 Å². The van der Waals surface area contributed by atoms with Gasteiger partial charge >= 0.3 is 6.09 Å². The number of hydrogen-bond acceptors (Lipinski definition) is 5. The van der Waals surface area contributed by atoms with E-state index in [2.05, 4.69) is 10.3 Å². The largest absolute Gasteiger partial charge is 0.447 e. The zero-order valence-corrected chi connectivity index (χ0v) is 20.7. The minimum absolute atomic E-state index is 0.00158. The minimum atomic E-state index is -1.11. The van der Waals surface area contributed by atoms with Gasteiger partial charge in [-0.05, 0) is 49.8 Å². The number of rotatable bonds is 9. The number of nitrogens with zero attached hydrogens (tertiary/aromatic N) is 2. The van der Waals surface area contributed by atoms with E-state index in [9.17, 15) is 19.1 Å². The van der Waals surface area contributed by atoms with Gasteiger partial charge < -0.3 is 14.7 Å². The van der Waals surface area contributed by atoms with Gasteiger partial charge in [-0.1, -0.05) is 48.0 Å². The number of aryl methyl sites for hydroxylation is 1. The number of amides is 2. The van der Waals surface area contributed by atoms with E-state index >= 15 is 0 Å². The summed E-state index contributed by atoms with van der Waals surface area (Å²) in [6, 6.07) is 13.2. The molecule has 1 heterocycles. The van der Waals surface area contributed by atoms with Crippen LogP contribution >= 0.6 is 11.6 Å². The lowest BCUT2D eigenvalue weighted by Gasteiger charge is -2.32. The van der Waals surface area contributed by atoms with Crippen molar-refractivity contribution in [1.82, 2.24) is 9.88 Å². The van der Waals surface area contributed by atoms with Crippen LogP contribution in [0, 0.1) is 5.82 Å². The Labute approximate surface area is 208 Å². The van der Waals surface area contributed by atoms with E-state index in [1.807, 2.05) is 24.3 Å². The molecule has 35 heavy (non-hydrogen) atoms. The van der Waals surface area contributed by atoms with Gasteiger partial charge in [0.15, 0.2) is 0 Å². The summed E-state index contributed by atoms with van der Waals surface area (Å²) < 4.78 is 19.0. The van der Waals surface area contributed by atoms with Gasteiger partial charge in [0.25, 0.3) is 0 Å². The highest BCUT2D eigenvalue weighted by Gasteiger charge is 2.28. The number of pyridine rings is 1. The minimum Gasteiger partial charge on any atom is -0.447 e. The third kappa shape index (κ3) is 7.63. The number of fused-ring (bicyclic) bond motifs is 1. The quantitative estimate of drug-likeness (QED) is 0.420. The summed E-state index contributed by atoms with van der Waals surface area (Å²) >= 11 is 5.99. The standard InChI is InChI=1S/C26H29ClFN3O4/c1-26(2,34)14-20(31(3)23(32)12-11-17-9-6-10-21(28)24(17)27)16-35-25(33)30-22-13-18-7-4-5-8-19(18)15-29-22/h4-10,13,15,20,34H,11-12,14,16H2,1-3H3,(H,29,30,33)/t20-/m0/s1. The van der Waals surface area contributed by atoms with Crippen LogP contribution in [0.4, 0.5) is 15.0 Å². The summed E-state index contributed by atoms with van der Waals surface area (Å²) in [7, 11) is 1.58. The van der Waals surface area contributed by atoms with Gasteiger partial charge in [-0.2, -0.15) is 0 Å². The summed E-state index contributed by atoms with van der Waals surface area (Å²) in [5.74, 6) is -0.450. The number of ether oxygens (including phenoxy) is 1. The summed E-state index contributed by atoms with van der Waals surface area (Å²) in [5, 5.41) is 14.8. The monoisotopic (exact) mass is 501 g/mol. The van der Waals surface area contributed by atoms with Crippen molar-refractivity contribution in [2.24, 2.45) is 0 Å². The fourth-order valence-electron chi connectivity index (χ4n) is 3.71. The number of anilines is 1. The second-order valence-corrected chi connectivity index (χ2v) is 9.41. The van der Waals surface area contributed by atoms with Crippen LogP contribution in [0.3, 0.4) is 0 Å². The number of carbonyl (C=O) groups is 2. The number of carbonyl (C=O) groups excluding carboxylic acids is 2. The molecule has 2 N–H and O–H groups in total. The van der Waals surface area contributed by atoms with E-state index in [-0.39, 0.29) is 36.8 Å². The highest BCUT2D eigenvalue weighted by molar-refractivity contribution is 6.31. The molecule has 2 aromatic carbocycles. The average Bonchev–Trinajstić information content (AvgIpc) is 2.81. The van der Waals surface area contributed by atoms with Crippen molar-refractivity contribution in [3.05, 3.63) is 71.1 Å². The van der Waals surface area contributed by atoms with Gasteiger partial charge in [0.2, 0.25) is 5.91 Å². The zero-order chi connectivity index (χ0) is 25.6. The molecule has 0 unspecified atom stereocenters. The normalized spacial score (nSPS) is 12.3. The number of benzene rings is 2. The number of halogens is 2. The maximum Gasteiger partial charge on any atom is 0.412 e. The summed E-state index contributed by atoms with van der Waals surface area (Å²) in [5.41, 5.74) is -0.573. The lowest BCUT2D eigenvalue weighted by atomic mass is 9.98. The Kier molecular flexibility index (Phi) is 8.64. The van der Waals surface area contributed by atoms with Crippen LogP contribution in [0.1, 0.15) is 32.3 Å². The van der Waals surface area contributed by atoms with Gasteiger partial charge in [-0.15, -0.1) is 0 Å². The topological polar surface area (TPSA) is 91.8 Å². The molecule has 0 bridgehead atoms. The Balaban J connectivity index is 1.60. The Hall–Kier alpha value is -3.23. The molecule has 9 heteroatoms. The molecule has 0 saturated carbocycles. The highest BCUT2D eigenvalue weighted by Crippen LogP contribution is 2.22. The van der Waals surface area contributed by atoms with Crippen molar-refractivity contribution in [1.29, 1.82) is 0 Å². The van der Waals surface area contributed by atoms with Crippen LogP contribution in [-0.2, 0) is 16.0 Å². The first kappa shape index (κ1) is 26.4. The Morgan fingerprint density at radius 3 is 2.63 bits per heavy atom. The predicted molar refractivity (Wildman–Crippen MR) is 134 cm³/mol. The molecule has 0 fully saturated rings. The molecular weight excluding hydrogens is 473 g/mol. The smallest absolute Gasteiger partial charge is 0.412 e. The van der Waals surface area contributed by atoms with E-state index in [0.29, 0.717) is 11.4 Å². The van der Waals surface area contributed by atoms with Gasteiger partial charge in [-0.25, -0.2) is 14.2 Å². The van der Waals surface area contributed by atoms with Gasteiger partial charge in [0.05, 0.1) is 16.7 Å². The summed E-state index contributed by atoms with van der Waals surface area (Å²) in [4.78, 5) is 30.9. The number of hydrogen-bond donors (Lipinski definition) is 2. The van der Waals surface area contributed by atoms with Gasteiger partial charge in [0, 0.05) is 25.1 Å². The molecule has 0 aliphatic rings. The fraction of sp³-hybridized carbons (Fsp3) is 0.346. The van der Waals surface area contributed by atoms with E-state index in [1.165, 1.54) is 11.0 Å². The lowest BCUT2D eigenvalue weighted by molar-refractivity contribution is -0.134. The molecule has 7 nitrogen and oxygen atoms in total. The molecule has 1 atom stereocenters. The predicted octanol–water partition coefficient (Wildman–Crippen LogP) is 5.20. The molecule has 0 aliphatic carbocycles. The third-order valence-electron chi connectivity index (χ3n) is 5.58. The van der Waals surface area contributed by atoms with Crippen molar-refractivity contribution in [3.63, 3.8) is 0 Å². The van der Waals surface area contributed by atoms with Crippen LogP contribution in [0.15, 0.2) is 54.7 Å². The van der Waals surface area contributed by atoms with E-state index in [0.717, 1.165) is 10.8 Å². The second-order valence-electron chi connectivity index (χ2n) is 9.03.